The molecule has 1 heterocycles. The standard InChI is InChI=1S/C18H29N3O4S/c1-5-19-18(20-8-6-10-26(4,22)23)21-9-7-14-11-16(24-2)17(25-3)12-15(14)13-21/h11-12H,5-10,13H2,1-4H3,(H,19,20). The van der Waals surface area contributed by atoms with Gasteiger partial charge in [-0.1, -0.05) is 0 Å². The first-order valence-corrected chi connectivity index (χ1v) is 10.9. The molecule has 0 unspecified atom stereocenters. The van der Waals surface area contributed by atoms with Crippen LogP contribution in [0.15, 0.2) is 17.1 Å². The van der Waals surface area contributed by atoms with Gasteiger partial charge in [0.25, 0.3) is 0 Å². The molecule has 0 spiro atoms. The molecular formula is C18H29N3O4S. The van der Waals surface area contributed by atoms with E-state index in [1.54, 1.807) is 14.2 Å². The molecule has 1 aliphatic heterocycles. The van der Waals surface area contributed by atoms with Crippen molar-refractivity contribution in [3.05, 3.63) is 23.3 Å². The molecule has 8 heteroatoms. The van der Waals surface area contributed by atoms with Gasteiger partial charge in [-0.25, -0.2) is 8.42 Å². The number of guanidine groups is 1. The molecule has 26 heavy (non-hydrogen) atoms. The van der Waals surface area contributed by atoms with Gasteiger partial charge in [-0.05, 0) is 43.0 Å². The van der Waals surface area contributed by atoms with E-state index in [1.807, 2.05) is 19.1 Å². The van der Waals surface area contributed by atoms with Crippen molar-refractivity contribution in [1.29, 1.82) is 0 Å². The van der Waals surface area contributed by atoms with Crippen LogP contribution in [0.25, 0.3) is 0 Å². The zero-order chi connectivity index (χ0) is 19.2. The molecule has 1 N–H and O–H groups in total. The molecule has 146 valence electrons. The molecule has 7 nitrogen and oxygen atoms in total. The lowest BCUT2D eigenvalue weighted by atomic mass is 9.99. The second-order valence-corrected chi connectivity index (χ2v) is 8.63. The Labute approximate surface area is 156 Å². The van der Waals surface area contributed by atoms with Gasteiger partial charge in [-0.3, -0.25) is 4.99 Å². The predicted octanol–water partition coefficient (Wildman–Crippen LogP) is 1.46. The molecule has 1 aromatic rings. The largest absolute Gasteiger partial charge is 0.493 e. The highest BCUT2D eigenvalue weighted by Gasteiger charge is 2.21. The van der Waals surface area contributed by atoms with Crippen molar-refractivity contribution in [2.75, 3.05) is 45.9 Å². The molecule has 0 aliphatic carbocycles. The van der Waals surface area contributed by atoms with Crippen molar-refractivity contribution >= 4 is 15.8 Å². The Morgan fingerprint density at radius 1 is 1.23 bits per heavy atom. The molecule has 0 aromatic heterocycles. The van der Waals surface area contributed by atoms with E-state index in [1.165, 1.54) is 17.4 Å². The minimum Gasteiger partial charge on any atom is -0.493 e. The quantitative estimate of drug-likeness (QED) is 0.436. The smallest absolute Gasteiger partial charge is 0.194 e. The normalized spacial score (nSPS) is 14.8. The van der Waals surface area contributed by atoms with Crippen molar-refractivity contribution in [3.8, 4) is 11.5 Å². The highest BCUT2D eigenvalue weighted by Crippen LogP contribution is 2.33. The third kappa shape index (κ3) is 5.52. The number of hydrogen-bond acceptors (Lipinski definition) is 5. The van der Waals surface area contributed by atoms with Crippen LogP contribution in [0.2, 0.25) is 0 Å². The zero-order valence-electron chi connectivity index (χ0n) is 16.0. The van der Waals surface area contributed by atoms with E-state index in [9.17, 15) is 8.42 Å². The Hall–Kier alpha value is -1.96. The van der Waals surface area contributed by atoms with E-state index in [0.717, 1.165) is 43.5 Å². The molecule has 0 bridgehead atoms. The number of methoxy groups -OCH3 is 2. The second kappa shape index (κ2) is 9.12. The number of sulfone groups is 1. The molecule has 2 rings (SSSR count). The molecule has 1 aromatic carbocycles. The number of hydrogen-bond donors (Lipinski definition) is 1. The SMILES string of the molecule is CCNC(=NCCCS(C)(=O)=O)N1CCc2cc(OC)c(OC)cc2C1. The minimum absolute atomic E-state index is 0.162. The van der Waals surface area contributed by atoms with E-state index in [4.69, 9.17) is 9.47 Å². The molecule has 0 radical (unpaired) electrons. The molecule has 0 saturated carbocycles. The van der Waals surface area contributed by atoms with Crippen molar-refractivity contribution in [2.24, 2.45) is 4.99 Å². The summed E-state index contributed by atoms with van der Waals surface area (Å²) in [6.45, 7) is 4.86. The average Bonchev–Trinajstić information content (AvgIpc) is 2.61. The summed E-state index contributed by atoms with van der Waals surface area (Å²) in [5, 5.41) is 3.30. The van der Waals surface area contributed by atoms with Gasteiger partial charge in [-0.2, -0.15) is 0 Å². The van der Waals surface area contributed by atoms with Crippen LogP contribution in [-0.4, -0.2) is 65.1 Å². The summed E-state index contributed by atoms with van der Waals surface area (Å²) in [6.07, 6.45) is 2.68. The Kier molecular flexibility index (Phi) is 7.14. The van der Waals surface area contributed by atoms with Crippen molar-refractivity contribution in [3.63, 3.8) is 0 Å². The third-order valence-corrected chi connectivity index (χ3v) is 5.32. The summed E-state index contributed by atoms with van der Waals surface area (Å²) in [5.41, 5.74) is 2.45. The van der Waals surface area contributed by atoms with E-state index in [0.29, 0.717) is 13.0 Å². The summed E-state index contributed by atoms with van der Waals surface area (Å²) in [4.78, 5) is 6.79. The number of fused-ring (bicyclic) bond motifs is 1. The maximum absolute atomic E-state index is 11.3. The first-order valence-electron chi connectivity index (χ1n) is 8.82. The van der Waals surface area contributed by atoms with Crippen LogP contribution in [-0.2, 0) is 22.8 Å². The number of aliphatic imine (C=N–C) groups is 1. The van der Waals surface area contributed by atoms with Gasteiger partial charge in [0.1, 0.15) is 9.84 Å². The summed E-state index contributed by atoms with van der Waals surface area (Å²) in [7, 11) is 0.339. The molecule has 0 amide bonds. The monoisotopic (exact) mass is 383 g/mol. The van der Waals surface area contributed by atoms with Gasteiger partial charge in [-0.15, -0.1) is 0 Å². The summed E-state index contributed by atoms with van der Waals surface area (Å²) in [5.74, 6) is 2.46. The number of benzene rings is 1. The molecular weight excluding hydrogens is 354 g/mol. The summed E-state index contributed by atoms with van der Waals surface area (Å²) >= 11 is 0. The van der Waals surface area contributed by atoms with Crippen molar-refractivity contribution in [2.45, 2.75) is 26.3 Å². The zero-order valence-corrected chi connectivity index (χ0v) is 16.9. The number of nitrogens with zero attached hydrogens (tertiary/aromatic N) is 2. The van der Waals surface area contributed by atoms with Gasteiger partial charge in [0.2, 0.25) is 0 Å². The Bertz CT molecular complexity index is 747. The average molecular weight is 384 g/mol. The van der Waals surface area contributed by atoms with Crippen LogP contribution in [0, 0.1) is 0 Å². The molecule has 0 saturated heterocycles. The Morgan fingerprint density at radius 2 is 1.88 bits per heavy atom. The van der Waals surface area contributed by atoms with Crippen LogP contribution in [0.5, 0.6) is 11.5 Å². The fourth-order valence-electron chi connectivity index (χ4n) is 3.00. The van der Waals surface area contributed by atoms with E-state index in [-0.39, 0.29) is 5.75 Å². The number of nitrogens with one attached hydrogen (secondary N) is 1. The van der Waals surface area contributed by atoms with Crippen LogP contribution < -0.4 is 14.8 Å². The van der Waals surface area contributed by atoms with Crippen LogP contribution in [0.1, 0.15) is 24.5 Å². The predicted molar refractivity (Wildman–Crippen MR) is 104 cm³/mol. The lowest BCUT2D eigenvalue weighted by Crippen LogP contribution is -2.44. The van der Waals surface area contributed by atoms with Gasteiger partial charge in [0, 0.05) is 32.4 Å². The minimum atomic E-state index is -2.94. The first kappa shape index (κ1) is 20.4. The van der Waals surface area contributed by atoms with E-state index < -0.39 is 9.84 Å². The Morgan fingerprint density at radius 3 is 2.46 bits per heavy atom. The van der Waals surface area contributed by atoms with Crippen LogP contribution >= 0.6 is 0 Å². The topological polar surface area (TPSA) is 80.2 Å². The molecule has 1 aliphatic rings. The maximum atomic E-state index is 11.3. The summed E-state index contributed by atoms with van der Waals surface area (Å²) in [6, 6.07) is 4.06. The lowest BCUT2D eigenvalue weighted by Gasteiger charge is -2.32. The highest BCUT2D eigenvalue weighted by atomic mass is 32.2. The molecule has 0 atom stereocenters. The number of ether oxygens (including phenoxy) is 2. The maximum Gasteiger partial charge on any atom is 0.194 e. The van der Waals surface area contributed by atoms with E-state index in [2.05, 4.69) is 15.2 Å². The third-order valence-electron chi connectivity index (χ3n) is 4.29. The Balaban J connectivity index is 2.12. The van der Waals surface area contributed by atoms with Crippen LogP contribution in [0.4, 0.5) is 0 Å². The number of rotatable bonds is 7. The second-order valence-electron chi connectivity index (χ2n) is 6.37. The lowest BCUT2D eigenvalue weighted by molar-refractivity contribution is 0.346. The highest BCUT2D eigenvalue weighted by molar-refractivity contribution is 7.90. The summed E-state index contributed by atoms with van der Waals surface area (Å²) < 4.78 is 33.3. The first-order chi connectivity index (χ1) is 12.4. The van der Waals surface area contributed by atoms with Gasteiger partial charge >= 0.3 is 0 Å². The van der Waals surface area contributed by atoms with Gasteiger partial charge < -0.3 is 19.7 Å². The van der Waals surface area contributed by atoms with Crippen molar-refractivity contribution in [1.82, 2.24) is 10.2 Å². The molecule has 0 fully saturated rings. The van der Waals surface area contributed by atoms with Gasteiger partial charge in [0.15, 0.2) is 17.5 Å². The van der Waals surface area contributed by atoms with Crippen molar-refractivity contribution < 1.29 is 17.9 Å². The van der Waals surface area contributed by atoms with E-state index >= 15 is 0 Å². The fraction of sp³-hybridized carbons (Fsp3) is 0.611. The van der Waals surface area contributed by atoms with Gasteiger partial charge in [0.05, 0.1) is 20.0 Å². The fourth-order valence-corrected chi connectivity index (χ4v) is 3.65. The van der Waals surface area contributed by atoms with Crippen LogP contribution in [0.3, 0.4) is 0 Å².